The van der Waals surface area contributed by atoms with Gasteiger partial charge >= 0.3 is 0 Å². The molecule has 0 aliphatic rings. The fourth-order valence-electron chi connectivity index (χ4n) is 3.08. The van der Waals surface area contributed by atoms with E-state index in [-0.39, 0.29) is 25.0 Å². The van der Waals surface area contributed by atoms with Crippen LogP contribution in [0.15, 0.2) is 40.9 Å². The molecule has 0 spiro atoms. The molecule has 0 radical (unpaired) electrons. The molecule has 0 saturated heterocycles. The lowest BCUT2D eigenvalue weighted by atomic mass is 10.1. The summed E-state index contributed by atoms with van der Waals surface area (Å²) in [6.07, 6.45) is 0. The number of hydrogen-bond donors (Lipinski definition) is 1. The van der Waals surface area contributed by atoms with Gasteiger partial charge in [-0.25, -0.2) is 0 Å². The number of benzene rings is 2. The van der Waals surface area contributed by atoms with Crippen molar-refractivity contribution < 1.29 is 14.3 Å². The number of rotatable bonds is 9. The first-order valence-corrected chi connectivity index (χ1v) is 11.5. The third-order valence-electron chi connectivity index (χ3n) is 4.87. The quantitative estimate of drug-likeness (QED) is 0.500. The summed E-state index contributed by atoms with van der Waals surface area (Å²) in [5, 5.41) is 3.49. The van der Waals surface area contributed by atoms with E-state index in [1.54, 1.807) is 19.1 Å². The summed E-state index contributed by atoms with van der Waals surface area (Å²) < 4.78 is 6.80. The Morgan fingerprint density at radius 2 is 1.77 bits per heavy atom. The predicted octanol–water partition coefficient (Wildman–Crippen LogP) is 5.29. The molecule has 2 aromatic carbocycles. The molecule has 0 heterocycles. The van der Waals surface area contributed by atoms with Crippen molar-refractivity contribution in [3.05, 3.63) is 62.6 Å². The second-order valence-electron chi connectivity index (χ2n) is 8.13. The number of hydrogen-bond acceptors (Lipinski definition) is 3. The van der Waals surface area contributed by atoms with Gasteiger partial charge in [0.2, 0.25) is 5.91 Å². The third-order valence-corrected chi connectivity index (χ3v) is 6.35. The number of amides is 2. The van der Waals surface area contributed by atoms with Gasteiger partial charge < -0.3 is 15.0 Å². The molecule has 168 valence electrons. The second kappa shape index (κ2) is 11.5. The minimum atomic E-state index is -0.651. The number of aryl methyl sites for hydroxylation is 2. The van der Waals surface area contributed by atoms with Crippen LogP contribution in [0, 0.1) is 19.8 Å². The molecule has 5 nitrogen and oxygen atoms in total. The standard InChI is InChI=1S/C24H30BrClN2O3/c1-15(2)12-27-24(30)18(5)28(13-19-7-6-8-20(26)11-19)22(29)14-31-21-9-16(3)23(25)17(4)10-21/h6-11,15,18H,12-14H2,1-5H3,(H,27,30)/t18-/m1/s1. The molecule has 0 saturated carbocycles. The summed E-state index contributed by atoms with van der Waals surface area (Å²) in [6.45, 7) is 10.4. The first kappa shape index (κ1) is 25.2. The molecule has 0 aliphatic heterocycles. The van der Waals surface area contributed by atoms with Crippen molar-refractivity contribution in [1.82, 2.24) is 10.2 Å². The van der Waals surface area contributed by atoms with Crippen LogP contribution in [0.5, 0.6) is 5.75 Å². The molecule has 0 unspecified atom stereocenters. The molecule has 1 N–H and O–H groups in total. The van der Waals surface area contributed by atoms with Crippen LogP contribution in [0.4, 0.5) is 0 Å². The van der Waals surface area contributed by atoms with Crippen LogP contribution in [0.1, 0.15) is 37.5 Å². The Hall–Kier alpha value is -2.05. The van der Waals surface area contributed by atoms with Crippen LogP contribution < -0.4 is 10.1 Å². The number of carbonyl (C=O) groups excluding carboxylic acids is 2. The van der Waals surface area contributed by atoms with Crippen LogP contribution in [-0.4, -0.2) is 35.9 Å². The zero-order chi connectivity index (χ0) is 23.1. The predicted molar refractivity (Wildman–Crippen MR) is 128 cm³/mol. The average molecular weight is 510 g/mol. The molecule has 0 bridgehead atoms. The number of carbonyl (C=O) groups is 2. The van der Waals surface area contributed by atoms with Crippen LogP contribution in [0.3, 0.4) is 0 Å². The maximum atomic E-state index is 13.1. The topological polar surface area (TPSA) is 58.6 Å². The highest BCUT2D eigenvalue weighted by atomic mass is 79.9. The zero-order valence-electron chi connectivity index (χ0n) is 18.7. The lowest BCUT2D eigenvalue weighted by molar-refractivity contribution is -0.142. The lowest BCUT2D eigenvalue weighted by Gasteiger charge is -2.29. The molecule has 0 aromatic heterocycles. The van der Waals surface area contributed by atoms with Gasteiger partial charge in [-0.2, -0.15) is 0 Å². The normalized spacial score (nSPS) is 11.9. The van der Waals surface area contributed by atoms with Gasteiger partial charge in [-0.05, 0) is 67.6 Å². The van der Waals surface area contributed by atoms with E-state index in [4.69, 9.17) is 16.3 Å². The maximum absolute atomic E-state index is 13.1. The average Bonchev–Trinajstić information content (AvgIpc) is 2.71. The van der Waals surface area contributed by atoms with E-state index in [9.17, 15) is 9.59 Å². The van der Waals surface area contributed by atoms with Gasteiger partial charge in [0.1, 0.15) is 11.8 Å². The van der Waals surface area contributed by atoms with Crippen molar-refractivity contribution in [3.8, 4) is 5.75 Å². The van der Waals surface area contributed by atoms with Gasteiger partial charge in [-0.1, -0.05) is 53.5 Å². The zero-order valence-corrected chi connectivity index (χ0v) is 21.0. The van der Waals surface area contributed by atoms with E-state index < -0.39 is 6.04 Å². The third kappa shape index (κ3) is 7.54. The van der Waals surface area contributed by atoms with Crippen molar-refractivity contribution in [3.63, 3.8) is 0 Å². The second-order valence-corrected chi connectivity index (χ2v) is 9.36. The number of halogens is 2. The Kier molecular flexibility index (Phi) is 9.38. The fraction of sp³-hybridized carbons (Fsp3) is 0.417. The molecule has 2 rings (SSSR count). The summed E-state index contributed by atoms with van der Waals surface area (Å²) >= 11 is 9.64. The van der Waals surface area contributed by atoms with Gasteiger partial charge in [-0.3, -0.25) is 9.59 Å². The van der Waals surface area contributed by atoms with Crippen LogP contribution in [-0.2, 0) is 16.1 Å². The Labute approximate surface area is 198 Å². The minimum absolute atomic E-state index is 0.164. The van der Waals surface area contributed by atoms with Gasteiger partial charge in [0.15, 0.2) is 6.61 Å². The molecule has 0 aliphatic carbocycles. The summed E-state index contributed by atoms with van der Waals surface area (Å²) in [7, 11) is 0. The van der Waals surface area contributed by atoms with E-state index in [2.05, 4.69) is 21.2 Å². The first-order valence-electron chi connectivity index (χ1n) is 10.3. The van der Waals surface area contributed by atoms with E-state index in [1.165, 1.54) is 4.90 Å². The summed E-state index contributed by atoms with van der Waals surface area (Å²) in [6, 6.07) is 10.4. The Balaban J connectivity index is 2.17. The molecule has 2 amide bonds. The van der Waals surface area contributed by atoms with Crippen molar-refractivity contribution >= 4 is 39.3 Å². The van der Waals surface area contributed by atoms with Crippen molar-refractivity contribution in [2.45, 2.75) is 47.2 Å². The molecule has 1 atom stereocenters. The fourth-order valence-corrected chi connectivity index (χ4v) is 3.53. The highest BCUT2D eigenvalue weighted by molar-refractivity contribution is 9.10. The van der Waals surface area contributed by atoms with Crippen molar-refractivity contribution in [1.29, 1.82) is 0 Å². The highest BCUT2D eigenvalue weighted by Gasteiger charge is 2.26. The number of nitrogens with one attached hydrogen (secondary N) is 1. The summed E-state index contributed by atoms with van der Waals surface area (Å²) in [5.41, 5.74) is 2.90. The van der Waals surface area contributed by atoms with E-state index in [0.29, 0.717) is 23.2 Å². The monoisotopic (exact) mass is 508 g/mol. The molecular weight excluding hydrogens is 480 g/mol. The van der Waals surface area contributed by atoms with Crippen LogP contribution in [0.2, 0.25) is 5.02 Å². The molecular formula is C24H30BrClN2O3. The van der Waals surface area contributed by atoms with Crippen LogP contribution in [0.25, 0.3) is 0 Å². The molecule has 7 heteroatoms. The van der Waals surface area contributed by atoms with E-state index >= 15 is 0 Å². The Morgan fingerprint density at radius 1 is 1.13 bits per heavy atom. The number of ether oxygens (including phenoxy) is 1. The highest BCUT2D eigenvalue weighted by Crippen LogP contribution is 2.26. The van der Waals surface area contributed by atoms with E-state index in [0.717, 1.165) is 21.2 Å². The van der Waals surface area contributed by atoms with Crippen molar-refractivity contribution in [2.75, 3.05) is 13.2 Å². The van der Waals surface area contributed by atoms with Gasteiger partial charge in [0.05, 0.1) is 0 Å². The summed E-state index contributed by atoms with van der Waals surface area (Å²) in [4.78, 5) is 27.3. The molecule has 2 aromatic rings. The number of nitrogens with zero attached hydrogens (tertiary/aromatic N) is 1. The Bertz CT molecular complexity index is 910. The smallest absolute Gasteiger partial charge is 0.261 e. The van der Waals surface area contributed by atoms with Crippen molar-refractivity contribution in [2.24, 2.45) is 5.92 Å². The van der Waals surface area contributed by atoms with Gasteiger partial charge in [0, 0.05) is 22.6 Å². The Morgan fingerprint density at radius 3 is 2.35 bits per heavy atom. The summed E-state index contributed by atoms with van der Waals surface area (Å²) in [5.74, 6) is 0.469. The maximum Gasteiger partial charge on any atom is 0.261 e. The first-order chi connectivity index (χ1) is 14.6. The minimum Gasteiger partial charge on any atom is -0.484 e. The van der Waals surface area contributed by atoms with Gasteiger partial charge in [0.25, 0.3) is 5.91 Å². The van der Waals surface area contributed by atoms with E-state index in [1.807, 2.05) is 52.0 Å². The molecule has 31 heavy (non-hydrogen) atoms. The SMILES string of the molecule is Cc1cc(OCC(=O)N(Cc2cccc(Cl)c2)[C@H](C)C(=O)NCC(C)C)cc(C)c1Br. The van der Waals surface area contributed by atoms with Gasteiger partial charge in [-0.15, -0.1) is 0 Å². The largest absolute Gasteiger partial charge is 0.484 e. The van der Waals surface area contributed by atoms with Crippen LogP contribution >= 0.6 is 27.5 Å². The molecule has 0 fully saturated rings. The lowest BCUT2D eigenvalue weighted by Crippen LogP contribution is -2.49.